The van der Waals surface area contributed by atoms with Crippen LogP contribution in [0.3, 0.4) is 0 Å². The molecule has 1 atom stereocenters. The zero-order chi connectivity index (χ0) is 21.8. The summed E-state index contributed by atoms with van der Waals surface area (Å²) in [5, 5.41) is 2.88. The highest BCUT2D eigenvalue weighted by molar-refractivity contribution is 7.89. The van der Waals surface area contributed by atoms with Gasteiger partial charge in [-0.1, -0.05) is 37.3 Å². The van der Waals surface area contributed by atoms with E-state index in [1.807, 2.05) is 25.8 Å². The van der Waals surface area contributed by atoms with Crippen LogP contribution in [0.5, 0.6) is 0 Å². The van der Waals surface area contributed by atoms with Crippen molar-refractivity contribution in [3.63, 3.8) is 0 Å². The number of carbonyl (C=O) groups is 1. The fourth-order valence-electron chi connectivity index (χ4n) is 2.85. The Bertz CT molecular complexity index is 954. The summed E-state index contributed by atoms with van der Waals surface area (Å²) in [4.78, 5) is 14.9. The molecule has 0 aromatic heterocycles. The first-order valence-corrected chi connectivity index (χ1v) is 11.1. The number of sulfonamides is 1. The summed E-state index contributed by atoms with van der Waals surface area (Å²) >= 11 is 0. The number of rotatable bonds is 8. The molecule has 2 aromatic rings. The minimum absolute atomic E-state index is 0.153. The van der Waals surface area contributed by atoms with Crippen molar-refractivity contribution in [2.75, 3.05) is 26.5 Å². The monoisotopic (exact) mass is 417 g/mol. The van der Waals surface area contributed by atoms with Gasteiger partial charge in [0.15, 0.2) is 0 Å². The van der Waals surface area contributed by atoms with E-state index in [9.17, 15) is 13.2 Å². The molecule has 29 heavy (non-hydrogen) atoms. The van der Waals surface area contributed by atoms with Crippen LogP contribution in [0.25, 0.3) is 0 Å². The third-order valence-electron chi connectivity index (χ3n) is 5.15. The molecule has 0 aliphatic carbocycles. The highest BCUT2D eigenvalue weighted by Gasteiger charge is 2.21. The molecule has 7 heteroatoms. The molecule has 0 aliphatic heterocycles. The van der Waals surface area contributed by atoms with Crippen LogP contribution in [0, 0.1) is 6.92 Å². The Balaban J connectivity index is 2.12. The van der Waals surface area contributed by atoms with E-state index in [2.05, 4.69) is 36.5 Å². The largest absolute Gasteiger partial charge is 0.324 e. The van der Waals surface area contributed by atoms with Crippen LogP contribution >= 0.6 is 0 Å². The van der Waals surface area contributed by atoms with Gasteiger partial charge in [0.25, 0.3) is 0 Å². The number of nitrogens with zero attached hydrogens (tertiary/aromatic N) is 2. The molecule has 0 radical (unpaired) electrons. The lowest BCUT2D eigenvalue weighted by Crippen LogP contribution is -2.39. The second-order valence-corrected chi connectivity index (χ2v) is 9.67. The van der Waals surface area contributed by atoms with Gasteiger partial charge in [-0.15, -0.1) is 0 Å². The van der Waals surface area contributed by atoms with Crippen molar-refractivity contribution in [2.45, 2.75) is 44.7 Å². The topological polar surface area (TPSA) is 69.7 Å². The number of nitrogens with one attached hydrogen (secondary N) is 1. The molecule has 0 spiro atoms. The normalized spacial score (nSPS) is 13.0. The molecule has 2 aromatic carbocycles. The second kappa shape index (κ2) is 9.52. The van der Waals surface area contributed by atoms with Crippen LogP contribution in [-0.4, -0.2) is 50.7 Å². The van der Waals surface area contributed by atoms with E-state index in [1.54, 1.807) is 12.1 Å². The third kappa shape index (κ3) is 5.65. The molecule has 6 nitrogen and oxygen atoms in total. The Morgan fingerprint density at radius 2 is 1.62 bits per heavy atom. The lowest BCUT2D eigenvalue weighted by molar-refractivity contribution is -0.120. The molecule has 0 saturated carbocycles. The van der Waals surface area contributed by atoms with E-state index in [-0.39, 0.29) is 16.8 Å². The molecule has 0 unspecified atom stereocenters. The Labute approximate surface area is 174 Å². The number of benzene rings is 2. The van der Waals surface area contributed by atoms with Crippen LogP contribution in [-0.2, 0) is 27.8 Å². The maximum Gasteiger partial charge on any atom is 0.242 e. The fraction of sp³-hybridized carbons (Fsp3) is 0.409. The molecule has 0 bridgehead atoms. The Hall–Kier alpha value is -2.22. The lowest BCUT2D eigenvalue weighted by Gasteiger charge is -2.24. The molecule has 1 amide bonds. The molecule has 158 valence electrons. The van der Waals surface area contributed by atoms with Crippen LogP contribution in [0.4, 0.5) is 5.69 Å². The predicted octanol–water partition coefficient (Wildman–Crippen LogP) is 3.27. The van der Waals surface area contributed by atoms with E-state index >= 15 is 0 Å². The van der Waals surface area contributed by atoms with E-state index < -0.39 is 10.0 Å². The number of amides is 1. The summed E-state index contributed by atoms with van der Waals surface area (Å²) in [5.74, 6) is -0.180. The predicted molar refractivity (Wildman–Crippen MR) is 117 cm³/mol. The van der Waals surface area contributed by atoms with Gasteiger partial charge in [-0.25, -0.2) is 12.7 Å². The summed E-state index contributed by atoms with van der Waals surface area (Å²) in [6.07, 6.45) is 0.997. The average Bonchev–Trinajstić information content (AvgIpc) is 2.69. The van der Waals surface area contributed by atoms with Crippen molar-refractivity contribution in [2.24, 2.45) is 0 Å². The van der Waals surface area contributed by atoms with Crippen LogP contribution in [0.1, 0.15) is 30.5 Å². The van der Waals surface area contributed by atoms with Gasteiger partial charge in [0.05, 0.1) is 10.9 Å². The first-order chi connectivity index (χ1) is 13.6. The Kier molecular flexibility index (Phi) is 7.57. The molecule has 0 fully saturated rings. The van der Waals surface area contributed by atoms with Gasteiger partial charge in [-0.2, -0.15) is 0 Å². The van der Waals surface area contributed by atoms with Crippen molar-refractivity contribution in [3.05, 3.63) is 59.2 Å². The van der Waals surface area contributed by atoms with Crippen molar-refractivity contribution in [1.29, 1.82) is 0 Å². The van der Waals surface area contributed by atoms with Gasteiger partial charge in [0.2, 0.25) is 15.9 Å². The van der Waals surface area contributed by atoms with E-state index in [0.29, 0.717) is 12.2 Å². The fourth-order valence-corrected chi connectivity index (χ4v) is 3.78. The minimum atomic E-state index is -3.56. The first kappa shape index (κ1) is 23.1. The number of hydrogen-bond donors (Lipinski definition) is 1. The molecule has 1 N–H and O–H groups in total. The van der Waals surface area contributed by atoms with Crippen molar-refractivity contribution in [3.8, 4) is 0 Å². The van der Waals surface area contributed by atoms with Gasteiger partial charge in [-0.3, -0.25) is 9.69 Å². The van der Waals surface area contributed by atoms with Crippen LogP contribution in [0.2, 0.25) is 0 Å². The summed E-state index contributed by atoms with van der Waals surface area (Å²) in [6.45, 7) is 6.44. The molecular weight excluding hydrogens is 386 g/mol. The average molecular weight is 418 g/mol. The maximum atomic E-state index is 12.8. The lowest BCUT2D eigenvalue weighted by atomic mass is 10.1. The zero-order valence-electron chi connectivity index (χ0n) is 18.1. The Morgan fingerprint density at radius 3 is 2.17 bits per heavy atom. The quantitative estimate of drug-likeness (QED) is 0.716. The number of hydrogen-bond acceptors (Lipinski definition) is 4. The number of likely N-dealkylation sites (N-methyl/N-ethyl adjacent to an activating group) is 1. The summed E-state index contributed by atoms with van der Waals surface area (Å²) in [5.41, 5.74) is 3.73. The number of aryl methyl sites for hydroxylation is 2. The standard InChI is InChI=1S/C22H31N3O3S/c1-7-18-9-11-19(12-10-18)15-25(6)17(3)22(26)23-21-14-20(13-8-16(21)2)29(27,28)24(4)5/h8-14,17H,7,15H2,1-6H3,(H,23,26)/t17-/m0/s1. The molecule has 0 aliphatic rings. The van der Waals surface area contributed by atoms with Crippen molar-refractivity contribution >= 4 is 21.6 Å². The molecule has 0 heterocycles. The number of anilines is 1. The summed E-state index contributed by atoms with van der Waals surface area (Å²) in [6, 6.07) is 12.8. The number of carbonyl (C=O) groups excluding carboxylic acids is 1. The third-order valence-corrected chi connectivity index (χ3v) is 6.96. The van der Waals surface area contributed by atoms with Gasteiger partial charge in [-0.05, 0) is 56.1 Å². The van der Waals surface area contributed by atoms with E-state index in [1.165, 1.54) is 25.7 Å². The van der Waals surface area contributed by atoms with Gasteiger partial charge in [0, 0.05) is 26.3 Å². The maximum absolute atomic E-state index is 12.8. The molecule has 2 rings (SSSR count). The smallest absolute Gasteiger partial charge is 0.242 e. The highest BCUT2D eigenvalue weighted by atomic mass is 32.2. The SMILES string of the molecule is CCc1ccc(CN(C)[C@@H](C)C(=O)Nc2cc(S(=O)(=O)N(C)C)ccc2C)cc1. The van der Waals surface area contributed by atoms with E-state index in [4.69, 9.17) is 0 Å². The van der Waals surface area contributed by atoms with Gasteiger partial charge < -0.3 is 5.32 Å². The van der Waals surface area contributed by atoms with Crippen molar-refractivity contribution in [1.82, 2.24) is 9.21 Å². The zero-order valence-corrected chi connectivity index (χ0v) is 18.9. The van der Waals surface area contributed by atoms with Gasteiger partial charge in [0.1, 0.15) is 0 Å². The minimum Gasteiger partial charge on any atom is -0.324 e. The highest BCUT2D eigenvalue weighted by Crippen LogP contribution is 2.22. The molecule has 0 saturated heterocycles. The second-order valence-electron chi connectivity index (χ2n) is 7.51. The summed E-state index contributed by atoms with van der Waals surface area (Å²) in [7, 11) is 1.30. The first-order valence-electron chi connectivity index (χ1n) is 9.68. The van der Waals surface area contributed by atoms with Crippen LogP contribution < -0.4 is 5.32 Å². The van der Waals surface area contributed by atoms with Gasteiger partial charge >= 0.3 is 0 Å². The van der Waals surface area contributed by atoms with E-state index in [0.717, 1.165) is 21.9 Å². The van der Waals surface area contributed by atoms with Crippen LogP contribution in [0.15, 0.2) is 47.4 Å². The molecular formula is C22H31N3O3S. The van der Waals surface area contributed by atoms with Crippen molar-refractivity contribution < 1.29 is 13.2 Å². The Morgan fingerprint density at radius 1 is 1.03 bits per heavy atom. The summed E-state index contributed by atoms with van der Waals surface area (Å²) < 4.78 is 25.9.